The Morgan fingerprint density at radius 2 is 1.81 bits per heavy atom. The summed E-state index contributed by atoms with van der Waals surface area (Å²) in [6, 6.07) is 7.17. The van der Waals surface area contributed by atoms with Gasteiger partial charge in [0.2, 0.25) is 5.95 Å². The van der Waals surface area contributed by atoms with Crippen LogP contribution in [-0.2, 0) is 0 Å². The number of nitrogens with one attached hydrogen (secondary N) is 1. The van der Waals surface area contributed by atoms with Gasteiger partial charge in [0.15, 0.2) is 11.6 Å². The van der Waals surface area contributed by atoms with Crippen molar-refractivity contribution in [1.82, 2.24) is 29.4 Å². The van der Waals surface area contributed by atoms with E-state index in [4.69, 9.17) is 0 Å². The Labute approximate surface area is 208 Å². The quantitative estimate of drug-likeness (QED) is 0.329. The maximum atomic E-state index is 14.9. The Morgan fingerprint density at radius 1 is 0.972 bits per heavy atom. The lowest BCUT2D eigenvalue weighted by Crippen LogP contribution is -2.30. The standard InChI is InChI=1S/C27H29F2N7/c1-16(2)36-18(4)32-26-21(28)12-20(13-23(26)36)25-22(29)15-31-27(34-25)33-24-9-8-19(14-30-24)17(3)35-10-6-5-7-11-35/h5-6,8-9,12-17H,7,10-11H2,1-4H3,(H,30,31,33,34). The first-order valence-electron chi connectivity index (χ1n) is 12.1. The second kappa shape index (κ2) is 9.73. The molecular weight excluding hydrogens is 460 g/mol. The van der Waals surface area contributed by atoms with Crippen LogP contribution < -0.4 is 5.32 Å². The molecule has 0 saturated heterocycles. The highest BCUT2D eigenvalue weighted by atomic mass is 19.1. The molecule has 7 nitrogen and oxygen atoms in total. The number of aryl methyl sites for hydroxylation is 1. The maximum Gasteiger partial charge on any atom is 0.229 e. The van der Waals surface area contributed by atoms with Crippen molar-refractivity contribution < 1.29 is 8.78 Å². The molecule has 0 bridgehead atoms. The van der Waals surface area contributed by atoms with Crippen molar-refractivity contribution in [2.45, 2.75) is 46.2 Å². The van der Waals surface area contributed by atoms with E-state index in [0.717, 1.165) is 31.3 Å². The van der Waals surface area contributed by atoms with Gasteiger partial charge in [-0.3, -0.25) is 4.90 Å². The summed E-state index contributed by atoms with van der Waals surface area (Å²) in [5.41, 5.74) is 2.29. The van der Waals surface area contributed by atoms with Crippen molar-refractivity contribution in [1.29, 1.82) is 0 Å². The van der Waals surface area contributed by atoms with Crippen LogP contribution in [0.3, 0.4) is 0 Å². The summed E-state index contributed by atoms with van der Waals surface area (Å²) in [5, 5.41) is 3.04. The number of anilines is 2. The fraction of sp³-hybridized carbons (Fsp3) is 0.333. The van der Waals surface area contributed by atoms with Gasteiger partial charge in [-0.05, 0) is 57.9 Å². The molecule has 0 fully saturated rings. The van der Waals surface area contributed by atoms with E-state index in [1.165, 1.54) is 6.07 Å². The van der Waals surface area contributed by atoms with E-state index in [1.54, 1.807) is 6.07 Å². The normalized spacial score (nSPS) is 15.1. The molecule has 1 unspecified atom stereocenters. The maximum absolute atomic E-state index is 14.9. The molecule has 9 heteroatoms. The zero-order valence-corrected chi connectivity index (χ0v) is 20.8. The van der Waals surface area contributed by atoms with Crippen LogP contribution in [0.15, 0.2) is 48.8 Å². The molecule has 5 rings (SSSR count). The van der Waals surface area contributed by atoms with Gasteiger partial charge in [-0.25, -0.2) is 28.7 Å². The highest BCUT2D eigenvalue weighted by Crippen LogP contribution is 2.30. The predicted octanol–water partition coefficient (Wildman–Crippen LogP) is 6.12. The summed E-state index contributed by atoms with van der Waals surface area (Å²) >= 11 is 0. The largest absolute Gasteiger partial charge is 0.326 e. The smallest absolute Gasteiger partial charge is 0.229 e. The average molecular weight is 490 g/mol. The minimum atomic E-state index is -0.639. The van der Waals surface area contributed by atoms with Gasteiger partial charge < -0.3 is 9.88 Å². The summed E-state index contributed by atoms with van der Waals surface area (Å²) in [5.74, 6) is 0.252. The number of rotatable bonds is 6. The third kappa shape index (κ3) is 4.58. The van der Waals surface area contributed by atoms with Crippen molar-refractivity contribution in [3.05, 3.63) is 71.8 Å². The molecule has 3 aromatic heterocycles. The number of fused-ring (bicyclic) bond motifs is 1. The van der Waals surface area contributed by atoms with E-state index in [2.05, 4.69) is 49.2 Å². The monoisotopic (exact) mass is 489 g/mol. The zero-order chi connectivity index (χ0) is 25.4. The van der Waals surface area contributed by atoms with E-state index in [0.29, 0.717) is 22.7 Å². The highest BCUT2D eigenvalue weighted by Gasteiger charge is 2.19. The predicted molar refractivity (Wildman–Crippen MR) is 137 cm³/mol. The zero-order valence-electron chi connectivity index (χ0n) is 20.8. The molecule has 0 saturated carbocycles. The molecule has 36 heavy (non-hydrogen) atoms. The minimum absolute atomic E-state index is 0.00542. The summed E-state index contributed by atoms with van der Waals surface area (Å²) in [6.45, 7) is 9.94. The lowest BCUT2D eigenvalue weighted by Gasteiger charge is -2.29. The SMILES string of the molecule is Cc1nc2c(F)cc(-c3nc(Nc4ccc(C(C)N5CC=CCC5)cn4)ncc3F)cc2n1C(C)C. The molecule has 186 valence electrons. The molecule has 0 aliphatic carbocycles. The summed E-state index contributed by atoms with van der Waals surface area (Å²) in [6.07, 6.45) is 8.36. The highest BCUT2D eigenvalue weighted by molar-refractivity contribution is 5.83. The van der Waals surface area contributed by atoms with Crippen molar-refractivity contribution in [2.24, 2.45) is 0 Å². The third-order valence-corrected chi connectivity index (χ3v) is 6.60. The Kier molecular flexibility index (Phi) is 6.49. The number of aromatic nitrogens is 5. The van der Waals surface area contributed by atoms with Crippen LogP contribution in [0.4, 0.5) is 20.5 Å². The van der Waals surface area contributed by atoms with Crippen molar-refractivity contribution in [3.8, 4) is 11.3 Å². The second-order valence-electron chi connectivity index (χ2n) is 9.37. The van der Waals surface area contributed by atoms with Gasteiger partial charge in [0.25, 0.3) is 0 Å². The van der Waals surface area contributed by atoms with Crippen LogP contribution in [0, 0.1) is 18.6 Å². The molecule has 1 aliphatic heterocycles. The lowest BCUT2D eigenvalue weighted by atomic mass is 10.1. The molecule has 4 heterocycles. The van der Waals surface area contributed by atoms with Crippen LogP contribution in [0.25, 0.3) is 22.3 Å². The van der Waals surface area contributed by atoms with Gasteiger partial charge in [-0.2, -0.15) is 0 Å². The van der Waals surface area contributed by atoms with Gasteiger partial charge >= 0.3 is 0 Å². The van der Waals surface area contributed by atoms with E-state index in [1.807, 2.05) is 43.7 Å². The number of pyridine rings is 1. The van der Waals surface area contributed by atoms with Gasteiger partial charge in [0, 0.05) is 36.9 Å². The van der Waals surface area contributed by atoms with Crippen LogP contribution in [0.5, 0.6) is 0 Å². The third-order valence-electron chi connectivity index (χ3n) is 6.60. The molecule has 1 aromatic carbocycles. The van der Waals surface area contributed by atoms with Crippen LogP contribution in [0.2, 0.25) is 0 Å². The van der Waals surface area contributed by atoms with Gasteiger partial charge in [-0.1, -0.05) is 18.2 Å². The van der Waals surface area contributed by atoms with E-state index >= 15 is 0 Å². The van der Waals surface area contributed by atoms with Gasteiger partial charge in [-0.15, -0.1) is 0 Å². The number of benzene rings is 1. The van der Waals surface area contributed by atoms with Crippen molar-refractivity contribution >= 4 is 22.8 Å². The van der Waals surface area contributed by atoms with E-state index in [-0.39, 0.29) is 29.2 Å². The fourth-order valence-electron chi connectivity index (χ4n) is 4.75. The number of nitrogens with zero attached hydrogens (tertiary/aromatic N) is 6. The van der Waals surface area contributed by atoms with Crippen LogP contribution in [-0.4, -0.2) is 42.5 Å². The second-order valence-corrected chi connectivity index (χ2v) is 9.37. The number of hydrogen-bond acceptors (Lipinski definition) is 6. The summed E-state index contributed by atoms with van der Waals surface area (Å²) in [7, 11) is 0. The number of hydrogen-bond donors (Lipinski definition) is 1. The molecule has 1 atom stereocenters. The molecule has 1 aliphatic rings. The van der Waals surface area contributed by atoms with Crippen molar-refractivity contribution in [3.63, 3.8) is 0 Å². The summed E-state index contributed by atoms with van der Waals surface area (Å²) < 4.78 is 31.6. The first kappa shape index (κ1) is 24.0. The topological polar surface area (TPSA) is 71.8 Å². The molecule has 0 amide bonds. The average Bonchev–Trinajstić information content (AvgIpc) is 3.22. The number of imidazole rings is 1. The van der Waals surface area contributed by atoms with Gasteiger partial charge in [0.1, 0.15) is 22.9 Å². The molecule has 1 N–H and O–H groups in total. The van der Waals surface area contributed by atoms with Gasteiger partial charge in [0.05, 0.1) is 11.7 Å². The van der Waals surface area contributed by atoms with Crippen LogP contribution >= 0.6 is 0 Å². The first-order valence-corrected chi connectivity index (χ1v) is 12.1. The lowest BCUT2D eigenvalue weighted by molar-refractivity contribution is 0.230. The molecule has 0 spiro atoms. The number of halogens is 2. The molecule has 0 radical (unpaired) electrons. The van der Waals surface area contributed by atoms with E-state index < -0.39 is 11.6 Å². The van der Waals surface area contributed by atoms with E-state index in [9.17, 15) is 8.78 Å². The van der Waals surface area contributed by atoms with Crippen LogP contribution in [0.1, 0.15) is 50.7 Å². The Morgan fingerprint density at radius 3 is 2.50 bits per heavy atom. The summed E-state index contributed by atoms with van der Waals surface area (Å²) in [4.78, 5) is 19.7. The molecule has 4 aromatic rings. The van der Waals surface area contributed by atoms with Crippen molar-refractivity contribution in [2.75, 3.05) is 18.4 Å². The minimum Gasteiger partial charge on any atom is -0.326 e. The Hall–Kier alpha value is -3.72. The molecular formula is C27H29F2N7. The Balaban J connectivity index is 1.42. The Bertz CT molecular complexity index is 1430. The fourth-order valence-corrected chi connectivity index (χ4v) is 4.75. The first-order chi connectivity index (χ1) is 17.3.